The van der Waals surface area contributed by atoms with Gasteiger partial charge in [-0.15, -0.1) is 24.0 Å². The minimum absolute atomic E-state index is 0. The Hall–Kier alpha value is -15.4. The Balaban J connectivity index is 0.000000129. The number of fused-ring (bicyclic) bond motifs is 9. The Morgan fingerprint density at radius 2 is 0.450 bits per heavy atom. The highest BCUT2D eigenvalue weighted by Crippen LogP contribution is 2.60. The number of halogens is 3. The molecule has 9 nitrogen and oxygen atoms in total. The molecule has 1 atom stereocenters. The Bertz CT molecular complexity index is 6880. The number of phenols is 2. The first-order chi connectivity index (χ1) is 63.4. The topological polar surface area (TPSA) is 132 Å². The third kappa shape index (κ3) is 16.8. The number of carbonyl (C=O) groups excluding carboxylic acids is 2. The molecule has 0 heterocycles. The second kappa shape index (κ2) is 37.5. The van der Waals surface area contributed by atoms with Gasteiger partial charge in [0.25, 0.3) is 0 Å². The highest BCUT2D eigenvalue weighted by Gasteiger charge is 2.49. The van der Waals surface area contributed by atoms with E-state index < -0.39 is 33.5 Å². The molecule has 0 aromatic heterocycles. The summed E-state index contributed by atoms with van der Waals surface area (Å²) in [5.74, 6) is 3.75. The first kappa shape index (κ1) is 87.7. The van der Waals surface area contributed by atoms with Crippen LogP contribution in [-0.4, -0.2) is 41.1 Å². The van der Waals surface area contributed by atoms with Crippen LogP contribution in [0.5, 0.6) is 46.0 Å². The highest BCUT2D eigenvalue weighted by atomic mass is 127. The van der Waals surface area contributed by atoms with Crippen LogP contribution in [0, 0.1) is 25.5 Å². The molecule has 18 aromatic carbocycles. The Morgan fingerprint density at radius 3 is 0.695 bits per heavy atom. The van der Waals surface area contributed by atoms with Crippen LogP contribution < -0.4 is 18.9 Å². The summed E-state index contributed by atoms with van der Waals surface area (Å²) in [6, 6.07) is 142. The molecule has 3 aliphatic rings. The lowest BCUT2D eigenvalue weighted by molar-refractivity contribution is 0.102. The van der Waals surface area contributed by atoms with E-state index in [0.717, 1.165) is 45.3 Å². The molecule has 18 aromatic rings. The third-order valence-corrected chi connectivity index (χ3v) is 25.2. The van der Waals surface area contributed by atoms with Crippen molar-refractivity contribution in [3.63, 3.8) is 0 Å². The van der Waals surface area contributed by atoms with Crippen LogP contribution >= 0.6 is 24.0 Å². The van der Waals surface area contributed by atoms with Gasteiger partial charge in [0.1, 0.15) is 63.2 Å². The average molecular weight is 1830 g/mol. The molecule has 0 bridgehead atoms. The summed E-state index contributed by atoms with van der Waals surface area (Å²) < 4.78 is 48.3. The number of benzene rings is 18. The number of carbonyl (C=O) groups is 2. The minimum atomic E-state index is -1.15. The number of ether oxygens (including phenoxy) is 4. The van der Waals surface area contributed by atoms with Crippen LogP contribution in [0.15, 0.2) is 437 Å². The lowest BCUT2D eigenvalue weighted by Gasteiger charge is -2.34. The molecule has 3 N–H and O–H groups in total. The molecule has 3 aliphatic carbocycles. The Morgan fingerprint density at radius 1 is 0.260 bits per heavy atom. The zero-order valence-electron chi connectivity index (χ0n) is 72.5. The molecule has 642 valence electrons. The van der Waals surface area contributed by atoms with Gasteiger partial charge in [0.2, 0.25) is 0 Å². The van der Waals surface area contributed by atoms with Crippen molar-refractivity contribution >= 4 is 35.5 Å². The molecule has 21 rings (SSSR count). The lowest BCUT2D eigenvalue weighted by Crippen LogP contribution is -2.28. The van der Waals surface area contributed by atoms with E-state index in [2.05, 4.69) is 244 Å². The van der Waals surface area contributed by atoms with E-state index in [1.165, 1.54) is 149 Å². The van der Waals surface area contributed by atoms with Crippen molar-refractivity contribution < 1.29 is 52.6 Å². The van der Waals surface area contributed by atoms with Gasteiger partial charge >= 0.3 is 0 Å². The van der Waals surface area contributed by atoms with Crippen molar-refractivity contribution in [2.24, 2.45) is 0 Å². The van der Waals surface area contributed by atoms with Crippen molar-refractivity contribution in [1.29, 1.82) is 0 Å². The number of hydrogen-bond acceptors (Lipinski definition) is 9. The van der Waals surface area contributed by atoms with Crippen molar-refractivity contribution in [1.82, 2.24) is 0 Å². The fourth-order valence-electron chi connectivity index (χ4n) is 18.8. The van der Waals surface area contributed by atoms with Gasteiger partial charge < -0.3 is 34.3 Å². The molecule has 0 fully saturated rings. The molecule has 1 unspecified atom stereocenters. The van der Waals surface area contributed by atoms with Gasteiger partial charge in [-0.3, -0.25) is 9.59 Å². The lowest BCUT2D eigenvalue weighted by atomic mass is 9.67. The van der Waals surface area contributed by atoms with Gasteiger partial charge in [0.05, 0.1) is 30.5 Å². The minimum Gasteiger partial charge on any atom is -0.508 e. The van der Waals surface area contributed by atoms with Gasteiger partial charge in [0.15, 0.2) is 11.6 Å². The largest absolute Gasteiger partial charge is 0.508 e. The second-order valence-electron chi connectivity index (χ2n) is 32.9. The number of rotatable bonds is 18. The molecule has 0 aliphatic heterocycles. The third-order valence-electron chi connectivity index (χ3n) is 25.2. The van der Waals surface area contributed by atoms with Gasteiger partial charge in [-0.05, 0) is 302 Å². The van der Waals surface area contributed by atoms with Gasteiger partial charge in [-0.1, -0.05) is 278 Å². The summed E-state index contributed by atoms with van der Waals surface area (Å²) in [5, 5.41) is 31.0. The van der Waals surface area contributed by atoms with Gasteiger partial charge in [-0.25, -0.2) is 8.78 Å². The van der Waals surface area contributed by atoms with Crippen LogP contribution in [0.4, 0.5) is 8.78 Å². The van der Waals surface area contributed by atoms with E-state index in [-0.39, 0.29) is 47.0 Å². The molecular weight excluding hydrogens is 1740 g/mol. The van der Waals surface area contributed by atoms with E-state index in [0.29, 0.717) is 33.8 Å². The van der Waals surface area contributed by atoms with Crippen LogP contribution in [-0.2, 0) is 21.8 Å². The maximum Gasteiger partial charge on any atom is 0.193 e. The van der Waals surface area contributed by atoms with E-state index >= 15 is 0 Å². The summed E-state index contributed by atoms with van der Waals surface area (Å²) in [5.41, 5.74) is 25.6. The molecule has 12 heteroatoms. The number of ketones is 2. The second-order valence-corrected chi connectivity index (χ2v) is 32.9. The van der Waals surface area contributed by atoms with Crippen LogP contribution in [0.1, 0.15) is 128 Å². The van der Waals surface area contributed by atoms with Crippen LogP contribution in [0.25, 0.3) is 33.4 Å². The number of phenolic OH excluding ortho intramolecular Hbond substituents is 2. The van der Waals surface area contributed by atoms with Crippen molar-refractivity contribution in [2.75, 3.05) is 14.2 Å². The number of methoxy groups -OCH3 is 2. The molecular formula is C119H91F2IO9. The van der Waals surface area contributed by atoms with Crippen LogP contribution in [0.2, 0.25) is 0 Å². The fraction of sp³-hybridized carbons (Fsp3) is 0.0756. The number of hydrogen-bond donors (Lipinski definition) is 3. The van der Waals surface area contributed by atoms with E-state index in [4.69, 9.17) is 18.9 Å². The molecule has 131 heavy (non-hydrogen) atoms. The number of aryl methyl sites for hydroxylation is 2. The normalized spacial score (nSPS) is 13.0. The summed E-state index contributed by atoms with van der Waals surface area (Å²) in [4.78, 5) is 24.8. The predicted molar refractivity (Wildman–Crippen MR) is 527 cm³/mol. The highest BCUT2D eigenvalue weighted by molar-refractivity contribution is 14.0. The monoisotopic (exact) mass is 1830 g/mol. The summed E-state index contributed by atoms with van der Waals surface area (Å²) >= 11 is 0. The zero-order valence-corrected chi connectivity index (χ0v) is 74.9. The van der Waals surface area contributed by atoms with Crippen LogP contribution in [0.3, 0.4) is 0 Å². The quantitative estimate of drug-likeness (QED) is 0.0567. The maximum absolute atomic E-state index is 12.9. The average Bonchev–Trinajstić information content (AvgIpc) is 1.56. The predicted octanol–water partition coefficient (Wildman–Crippen LogP) is 28.1. The fourth-order valence-corrected chi connectivity index (χ4v) is 18.8. The van der Waals surface area contributed by atoms with E-state index in [9.17, 15) is 33.7 Å². The van der Waals surface area contributed by atoms with E-state index in [1.807, 2.05) is 97.1 Å². The Labute approximate surface area is 778 Å². The van der Waals surface area contributed by atoms with Crippen molar-refractivity contribution in [2.45, 2.75) is 42.6 Å². The maximum atomic E-state index is 12.9. The summed E-state index contributed by atoms with van der Waals surface area (Å²) in [6.45, 7) is 6.05. The van der Waals surface area contributed by atoms with Gasteiger partial charge in [-0.2, -0.15) is 0 Å². The number of aromatic hydroxyl groups is 2. The van der Waals surface area contributed by atoms with E-state index in [1.54, 1.807) is 81.8 Å². The SMILES string of the molecule is COc1ccc(C(=O)c2ccc(Oc3ccc(C4(c5ccc(C)cc5)c5ccccc5-c5ccccc54)cc3)cc2)cc1.COc1ccc(C(C)(O)c2ccc(Oc3ccc(C4(c5ccc(C)cc5)c5ccccc5-c5ccccc54)cc3)cc2)cc1.I.O=C(c1ccc(F)cc1)c1ccc(F)cc1.Oc1ccc(C2(c3ccc(O)cc3)c3ccccc3-c3ccccc32)cc1. The zero-order chi connectivity index (χ0) is 89.7. The van der Waals surface area contributed by atoms with Gasteiger partial charge in [0, 0.05) is 22.3 Å². The number of aliphatic hydroxyl groups is 1. The molecule has 0 radical (unpaired) electrons. The summed E-state index contributed by atoms with van der Waals surface area (Å²) in [7, 11) is 3.24. The molecule has 0 spiro atoms. The first-order valence-corrected chi connectivity index (χ1v) is 43.1. The first-order valence-electron chi connectivity index (χ1n) is 43.1. The molecule has 0 saturated carbocycles. The van der Waals surface area contributed by atoms with Crippen molar-refractivity contribution in [3.05, 3.63) is 560 Å². The smallest absolute Gasteiger partial charge is 0.193 e. The molecule has 0 saturated heterocycles. The summed E-state index contributed by atoms with van der Waals surface area (Å²) in [6.07, 6.45) is 0. The standard InChI is InChI=1S/C41H34O3.C40H30O3.C25H18O2.C13H8F2O.HI/c1-28-12-14-31(15-13-28)41(38-10-6-4-8-36(38)37-9-5-7-11-39(37)41)32-20-26-35(27-21-32)44-34-24-18-30(19-25-34)40(2,42)29-16-22-33(43-3)23-17-29;1-27-11-17-30(18-12-27)40(37-9-5-3-7-35(37)36-8-4-6-10-38(36)40)31-19-25-34(26-20-31)43-33-23-15-29(16-24-33)39(41)28-13-21-32(42-2)22-14-28;26-19-13-9-17(10-14-19)25(18-11-15-20(27)16-12-18)23-7-3-1-5-21(23)22-6-2-4-8-24(22)25;14-11-5-1-9(2-6-11)13(16)10-3-7-12(15)8-4-10;/h4-27,42H,1-3H3;3-26H,1-2H3;1-16,26-27H;1-8H;1H. The van der Waals surface area contributed by atoms with Crippen molar-refractivity contribution in [3.8, 4) is 79.4 Å². The molecule has 0 amide bonds. The Kier molecular flexibility index (Phi) is 25.1.